The summed E-state index contributed by atoms with van der Waals surface area (Å²) in [5, 5.41) is 10.8. The van der Waals surface area contributed by atoms with E-state index in [1.807, 2.05) is 6.07 Å². The van der Waals surface area contributed by atoms with E-state index in [1.54, 1.807) is 7.11 Å². The number of benzene rings is 1. The van der Waals surface area contributed by atoms with Crippen molar-refractivity contribution in [3.05, 3.63) is 53.3 Å². The maximum Gasteiger partial charge on any atom is 0.146 e. The van der Waals surface area contributed by atoms with Crippen molar-refractivity contribution >= 4 is 16.7 Å². The van der Waals surface area contributed by atoms with Crippen molar-refractivity contribution in [3.63, 3.8) is 0 Å². The Morgan fingerprint density at radius 3 is 2.94 bits per heavy atom. The van der Waals surface area contributed by atoms with Crippen molar-refractivity contribution in [3.8, 4) is 11.8 Å². The second kappa shape index (κ2) is 9.19. The Morgan fingerprint density at radius 2 is 2.12 bits per heavy atom. The average molecular weight is 433 g/mol. The number of nitriles is 1. The Hall–Kier alpha value is -3.08. The molecule has 0 unspecified atom stereocenters. The largest absolute Gasteiger partial charge is 0.490 e. The lowest BCUT2D eigenvalue weighted by atomic mass is 10.0. The van der Waals surface area contributed by atoms with Gasteiger partial charge in [-0.05, 0) is 24.3 Å². The van der Waals surface area contributed by atoms with Crippen molar-refractivity contribution in [1.29, 1.82) is 5.26 Å². The van der Waals surface area contributed by atoms with Crippen LogP contribution in [0.2, 0.25) is 0 Å². The van der Waals surface area contributed by atoms with Crippen LogP contribution in [0.4, 0.5) is 5.82 Å². The summed E-state index contributed by atoms with van der Waals surface area (Å²) in [6, 6.07) is 12.6. The number of aromatic nitrogens is 2. The summed E-state index contributed by atoms with van der Waals surface area (Å²) in [7, 11) is 1.72. The summed E-state index contributed by atoms with van der Waals surface area (Å²) >= 11 is 0. The predicted octanol–water partition coefficient (Wildman–Crippen LogP) is 3.67. The number of hydrogen-bond donors (Lipinski definition) is 0. The van der Waals surface area contributed by atoms with E-state index in [4.69, 9.17) is 19.2 Å². The van der Waals surface area contributed by atoms with E-state index >= 15 is 0 Å². The summed E-state index contributed by atoms with van der Waals surface area (Å²) in [5.74, 6) is 1.74. The van der Waals surface area contributed by atoms with E-state index in [1.165, 1.54) is 0 Å². The summed E-state index contributed by atoms with van der Waals surface area (Å²) in [5.41, 5.74) is 3.90. The van der Waals surface area contributed by atoms with Gasteiger partial charge in [0, 0.05) is 63.2 Å². The molecule has 7 heteroatoms. The summed E-state index contributed by atoms with van der Waals surface area (Å²) in [6.45, 7) is 4.40. The zero-order valence-electron chi connectivity index (χ0n) is 18.4. The summed E-state index contributed by atoms with van der Waals surface area (Å²) in [4.78, 5) is 7.09. The van der Waals surface area contributed by atoms with Gasteiger partial charge in [0.1, 0.15) is 23.7 Å². The van der Waals surface area contributed by atoms with Gasteiger partial charge in [-0.2, -0.15) is 5.26 Å². The first-order valence-corrected chi connectivity index (χ1v) is 11.3. The fraction of sp³-hybridized carbons (Fsp3) is 0.440. The number of methoxy groups -OCH3 is 1. The molecule has 2 aromatic heterocycles. The fourth-order valence-corrected chi connectivity index (χ4v) is 4.65. The van der Waals surface area contributed by atoms with Crippen molar-refractivity contribution in [2.45, 2.75) is 38.5 Å². The number of anilines is 1. The van der Waals surface area contributed by atoms with Crippen LogP contribution >= 0.6 is 0 Å². The standard InChI is InChI=1S/C25H28N4O3/c1-30-14-12-28-11-7-21-23(28)3-2-4-24(21)32-20-5-9-29(10-6-20)25-18(16-26)15-19-17-31-13-8-22(19)27-25/h2-4,7,11,15,20H,5-6,8-10,12-14,17H2,1H3. The van der Waals surface area contributed by atoms with E-state index in [2.05, 4.69) is 46.0 Å². The average Bonchev–Trinajstić information content (AvgIpc) is 3.26. The van der Waals surface area contributed by atoms with E-state index in [0.717, 1.165) is 72.6 Å². The molecule has 0 bridgehead atoms. The van der Waals surface area contributed by atoms with Crippen LogP contribution in [0.15, 0.2) is 36.5 Å². The molecule has 0 radical (unpaired) electrons. The van der Waals surface area contributed by atoms with E-state index in [-0.39, 0.29) is 6.10 Å². The first kappa shape index (κ1) is 20.8. The van der Waals surface area contributed by atoms with Gasteiger partial charge in [0.2, 0.25) is 0 Å². The zero-order valence-corrected chi connectivity index (χ0v) is 18.4. The van der Waals surface area contributed by atoms with E-state index in [0.29, 0.717) is 25.4 Å². The van der Waals surface area contributed by atoms with Crippen LogP contribution < -0.4 is 9.64 Å². The maximum absolute atomic E-state index is 9.66. The molecule has 2 aliphatic rings. The maximum atomic E-state index is 9.66. The molecule has 0 aliphatic carbocycles. The first-order chi connectivity index (χ1) is 15.8. The molecule has 1 saturated heterocycles. The molecule has 32 heavy (non-hydrogen) atoms. The molecule has 166 valence electrons. The zero-order chi connectivity index (χ0) is 21.9. The first-order valence-electron chi connectivity index (χ1n) is 11.3. The Labute approximate surface area is 188 Å². The lowest BCUT2D eigenvalue weighted by Crippen LogP contribution is -2.39. The lowest BCUT2D eigenvalue weighted by molar-refractivity contribution is 0.109. The normalized spacial score (nSPS) is 16.7. The van der Waals surface area contributed by atoms with Crippen molar-refractivity contribution in [1.82, 2.24) is 9.55 Å². The van der Waals surface area contributed by atoms with Gasteiger partial charge in [-0.3, -0.25) is 0 Å². The molecule has 4 heterocycles. The van der Waals surface area contributed by atoms with Gasteiger partial charge in [-0.25, -0.2) is 4.98 Å². The predicted molar refractivity (Wildman–Crippen MR) is 122 cm³/mol. The van der Waals surface area contributed by atoms with Crippen LogP contribution in [0.3, 0.4) is 0 Å². The topological polar surface area (TPSA) is 72.5 Å². The second-order valence-corrected chi connectivity index (χ2v) is 8.37. The quantitative estimate of drug-likeness (QED) is 0.592. The number of ether oxygens (including phenoxy) is 3. The highest BCUT2D eigenvalue weighted by atomic mass is 16.5. The van der Waals surface area contributed by atoms with Crippen LogP contribution in [0.5, 0.6) is 5.75 Å². The minimum absolute atomic E-state index is 0.149. The third-order valence-electron chi connectivity index (χ3n) is 6.38. The van der Waals surface area contributed by atoms with Gasteiger partial charge in [0.25, 0.3) is 0 Å². The Balaban J connectivity index is 1.28. The second-order valence-electron chi connectivity index (χ2n) is 8.37. The van der Waals surface area contributed by atoms with Gasteiger partial charge < -0.3 is 23.7 Å². The molecule has 0 spiro atoms. The lowest BCUT2D eigenvalue weighted by Gasteiger charge is -2.34. The number of pyridine rings is 1. The molecular formula is C25H28N4O3. The SMILES string of the molecule is COCCn1ccc2c(OC3CCN(c4nc5c(cc4C#N)COCC5)CC3)cccc21. The minimum Gasteiger partial charge on any atom is -0.490 e. The number of rotatable bonds is 6. The van der Waals surface area contributed by atoms with Crippen LogP contribution in [0, 0.1) is 11.3 Å². The van der Waals surface area contributed by atoms with Crippen molar-refractivity contribution < 1.29 is 14.2 Å². The van der Waals surface area contributed by atoms with Crippen LogP contribution in [-0.4, -0.2) is 49.1 Å². The molecule has 5 rings (SSSR count). The highest BCUT2D eigenvalue weighted by Crippen LogP contribution is 2.31. The van der Waals surface area contributed by atoms with Crippen LogP contribution in [0.25, 0.3) is 10.9 Å². The van der Waals surface area contributed by atoms with Gasteiger partial charge in [0.15, 0.2) is 0 Å². The van der Waals surface area contributed by atoms with E-state index in [9.17, 15) is 5.26 Å². The summed E-state index contributed by atoms with van der Waals surface area (Å²) < 4.78 is 19.4. The Morgan fingerprint density at radius 1 is 1.25 bits per heavy atom. The fourth-order valence-electron chi connectivity index (χ4n) is 4.65. The minimum atomic E-state index is 0.149. The smallest absolute Gasteiger partial charge is 0.146 e. The van der Waals surface area contributed by atoms with Gasteiger partial charge in [-0.15, -0.1) is 0 Å². The Kier molecular flexibility index (Phi) is 5.97. The Bertz CT molecular complexity index is 1140. The highest BCUT2D eigenvalue weighted by Gasteiger charge is 2.25. The van der Waals surface area contributed by atoms with Crippen molar-refractivity contribution in [2.24, 2.45) is 0 Å². The van der Waals surface area contributed by atoms with Gasteiger partial charge in [0.05, 0.1) is 36.6 Å². The summed E-state index contributed by atoms with van der Waals surface area (Å²) in [6.07, 6.45) is 4.84. The monoisotopic (exact) mass is 432 g/mol. The van der Waals surface area contributed by atoms with E-state index < -0.39 is 0 Å². The van der Waals surface area contributed by atoms with Crippen LogP contribution in [-0.2, 0) is 29.0 Å². The number of piperidine rings is 1. The van der Waals surface area contributed by atoms with Crippen LogP contribution in [0.1, 0.15) is 29.7 Å². The number of hydrogen-bond acceptors (Lipinski definition) is 6. The molecule has 1 fully saturated rings. The molecule has 1 aromatic carbocycles. The molecule has 2 aliphatic heterocycles. The highest BCUT2D eigenvalue weighted by molar-refractivity contribution is 5.86. The third kappa shape index (κ3) is 4.04. The van der Waals surface area contributed by atoms with Gasteiger partial charge in [-0.1, -0.05) is 6.07 Å². The number of nitrogens with zero attached hydrogens (tertiary/aromatic N) is 4. The van der Waals surface area contributed by atoms with Gasteiger partial charge >= 0.3 is 0 Å². The van der Waals surface area contributed by atoms with Crippen molar-refractivity contribution in [2.75, 3.05) is 38.3 Å². The molecule has 0 amide bonds. The third-order valence-corrected chi connectivity index (χ3v) is 6.38. The molecule has 0 N–H and O–H groups in total. The molecule has 7 nitrogen and oxygen atoms in total. The molecule has 0 saturated carbocycles. The molecular weight excluding hydrogens is 404 g/mol. The number of fused-ring (bicyclic) bond motifs is 2. The molecule has 0 atom stereocenters. The molecule has 3 aromatic rings.